The first-order chi connectivity index (χ1) is 9.41. The SMILES string of the molecule is CN(Cc1cccc(Br)c1)S(=O)(=O)c1ccccc1F. The topological polar surface area (TPSA) is 37.4 Å². The summed E-state index contributed by atoms with van der Waals surface area (Å²) in [5.41, 5.74) is 0.821. The molecule has 0 radical (unpaired) electrons. The molecule has 0 N–H and O–H groups in total. The molecule has 106 valence electrons. The molecule has 0 saturated carbocycles. The maximum absolute atomic E-state index is 13.6. The van der Waals surface area contributed by atoms with E-state index in [2.05, 4.69) is 15.9 Å². The number of rotatable bonds is 4. The average molecular weight is 358 g/mol. The third-order valence-electron chi connectivity index (χ3n) is 2.82. The average Bonchev–Trinajstić information content (AvgIpc) is 2.39. The molecule has 2 rings (SSSR count). The van der Waals surface area contributed by atoms with Gasteiger partial charge in [0.05, 0.1) is 0 Å². The summed E-state index contributed by atoms with van der Waals surface area (Å²) >= 11 is 3.33. The van der Waals surface area contributed by atoms with Crippen LogP contribution in [-0.4, -0.2) is 19.8 Å². The molecule has 3 nitrogen and oxygen atoms in total. The zero-order chi connectivity index (χ0) is 14.8. The van der Waals surface area contributed by atoms with Crippen molar-refractivity contribution in [2.45, 2.75) is 11.4 Å². The third kappa shape index (κ3) is 3.26. The highest BCUT2D eigenvalue weighted by Gasteiger charge is 2.24. The van der Waals surface area contributed by atoms with E-state index in [1.165, 1.54) is 25.2 Å². The van der Waals surface area contributed by atoms with E-state index in [1.807, 2.05) is 24.3 Å². The Morgan fingerprint density at radius 3 is 2.50 bits per heavy atom. The van der Waals surface area contributed by atoms with Crippen molar-refractivity contribution in [1.82, 2.24) is 4.31 Å². The van der Waals surface area contributed by atoms with Gasteiger partial charge in [-0.3, -0.25) is 0 Å². The molecule has 0 atom stereocenters. The fourth-order valence-electron chi connectivity index (χ4n) is 1.80. The normalized spacial score (nSPS) is 11.8. The lowest BCUT2D eigenvalue weighted by molar-refractivity contribution is 0.460. The maximum atomic E-state index is 13.6. The molecule has 0 aromatic heterocycles. The first-order valence-electron chi connectivity index (χ1n) is 5.86. The fourth-order valence-corrected chi connectivity index (χ4v) is 3.47. The van der Waals surface area contributed by atoms with Crippen molar-refractivity contribution in [1.29, 1.82) is 0 Å². The van der Waals surface area contributed by atoms with Gasteiger partial charge in [0.15, 0.2) is 0 Å². The minimum atomic E-state index is -3.84. The van der Waals surface area contributed by atoms with Gasteiger partial charge in [-0.1, -0.05) is 40.2 Å². The zero-order valence-corrected chi connectivity index (χ0v) is 13.2. The van der Waals surface area contributed by atoms with E-state index in [-0.39, 0.29) is 11.4 Å². The molecule has 0 bridgehead atoms. The molecule has 2 aromatic rings. The minimum Gasteiger partial charge on any atom is -0.207 e. The van der Waals surface area contributed by atoms with E-state index in [4.69, 9.17) is 0 Å². The molecule has 0 spiro atoms. The Morgan fingerprint density at radius 1 is 1.15 bits per heavy atom. The van der Waals surface area contributed by atoms with Gasteiger partial charge in [0.1, 0.15) is 10.7 Å². The second-order valence-electron chi connectivity index (χ2n) is 4.32. The summed E-state index contributed by atoms with van der Waals surface area (Å²) in [6.07, 6.45) is 0. The Morgan fingerprint density at radius 2 is 1.85 bits per heavy atom. The van der Waals surface area contributed by atoms with Crippen LogP contribution in [0.1, 0.15) is 5.56 Å². The smallest absolute Gasteiger partial charge is 0.207 e. The van der Waals surface area contributed by atoms with Gasteiger partial charge in [-0.15, -0.1) is 0 Å². The molecule has 0 heterocycles. The summed E-state index contributed by atoms with van der Waals surface area (Å²) in [7, 11) is -2.40. The summed E-state index contributed by atoms with van der Waals surface area (Å²) in [4.78, 5) is -0.308. The number of hydrogen-bond acceptors (Lipinski definition) is 2. The van der Waals surface area contributed by atoms with Gasteiger partial charge >= 0.3 is 0 Å². The highest BCUT2D eigenvalue weighted by atomic mass is 79.9. The van der Waals surface area contributed by atoms with Gasteiger partial charge in [-0.05, 0) is 29.8 Å². The fraction of sp³-hybridized carbons (Fsp3) is 0.143. The molecule has 0 aliphatic rings. The molecule has 0 aliphatic heterocycles. The number of benzene rings is 2. The molecule has 0 fully saturated rings. The van der Waals surface area contributed by atoms with Crippen LogP contribution in [0, 0.1) is 5.82 Å². The third-order valence-corrected chi connectivity index (χ3v) is 5.15. The number of nitrogens with zero attached hydrogens (tertiary/aromatic N) is 1. The lowest BCUT2D eigenvalue weighted by Gasteiger charge is -2.17. The van der Waals surface area contributed by atoms with Crippen LogP contribution in [0.2, 0.25) is 0 Å². The standard InChI is InChI=1S/C14H13BrFNO2S/c1-17(10-11-5-4-6-12(15)9-11)20(18,19)14-8-3-2-7-13(14)16/h2-9H,10H2,1H3. The van der Waals surface area contributed by atoms with E-state index in [0.717, 1.165) is 20.4 Å². The van der Waals surface area contributed by atoms with Crippen LogP contribution in [0.5, 0.6) is 0 Å². The number of hydrogen-bond donors (Lipinski definition) is 0. The monoisotopic (exact) mass is 357 g/mol. The molecular formula is C14H13BrFNO2S. The van der Waals surface area contributed by atoms with Crippen molar-refractivity contribution in [3.8, 4) is 0 Å². The summed E-state index contributed by atoms with van der Waals surface area (Å²) in [5, 5.41) is 0. The number of halogens is 2. The summed E-state index contributed by atoms with van der Waals surface area (Å²) < 4.78 is 40.3. The number of sulfonamides is 1. The Kier molecular flexibility index (Phi) is 4.57. The molecule has 0 saturated heterocycles. The Balaban J connectivity index is 2.29. The summed E-state index contributed by atoms with van der Waals surface area (Å²) in [6.45, 7) is 0.177. The van der Waals surface area contributed by atoms with Gasteiger partial charge in [0, 0.05) is 18.1 Å². The van der Waals surface area contributed by atoms with E-state index >= 15 is 0 Å². The molecule has 6 heteroatoms. The Bertz CT molecular complexity index is 719. The van der Waals surface area contributed by atoms with Gasteiger partial charge in [-0.25, -0.2) is 12.8 Å². The van der Waals surface area contributed by atoms with Gasteiger partial charge in [-0.2, -0.15) is 4.31 Å². The van der Waals surface area contributed by atoms with Crippen LogP contribution >= 0.6 is 15.9 Å². The van der Waals surface area contributed by atoms with Crippen LogP contribution in [0.25, 0.3) is 0 Å². The molecule has 0 aliphatic carbocycles. The summed E-state index contributed by atoms with van der Waals surface area (Å²) in [6, 6.07) is 12.7. The van der Waals surface area contributed by atoms with Crippen LogP contribution in [0.4, 0.5) is 4.39 Å². The van der Waals surface area contributed by atoms with Crippen molar-refractivity contribution in [3.63, 3.8) is 0 Å². The predicted octanol–water partition coefficient (Wildman–Crippen LogP) is 3.41. The van der Waals surface area contributed by atoms with E-state index in [0.29, 0.717) is 0 Å². The Hall–Kier alpha value is -1.24. The predicted molar refractivity (Wildman–Crippen MR) is 79.2 cm³/mol. The van der Waals surface area contributed by atoms with Crippen molar-refractivity contribution in [3.05, 3.63) is 64.4 Å². The highest BCUT2D eigenvalue weighted by molar-refractivity contribution is 9.10. The van der Waals surface area contributed by atoms with Gasteiger partial charge < -0.3 is 0 Å². The van der Waals surface area contributed by atoms with Crippen LogP contribution in [0.3, 0.4) is 0 Å². The van der Waals surface area contributed by atoms with Crippen molar-refractivity contribution in [2.24, 2.45) is 0 Å². The maximum Gasteiger partial charge on any atom is 0.246 e. The first-order valence-corrected chi connectivity index (χ1v) is 8.10. The lowest BCUT2D eigenvalue weighted by atomic mass is 10.2. The molecule has 0 unspecified atom stereocenters. The van der Waals surface area contributed by atoms with Crippen LogP contribution in [0.15, 0.2) is 57.9 Å². The lowest BCUT2D eigenvalue weighted by Crippen LogP contribution is -2.27. The van der Waals surface area contributed by atoms with E-state index in [9.17, 15) is 12.8 Å². The molecule has 20 heavy (non-hydrogen) atoms. The Labute approximate surface area is 126 Å². The molecule has 0 amide bonds. The first kappa shape index (κ1) is 15.2. The van der Waals surface area contributed by atoms with Crippen molar-refractivity contribution >= 4 is 26.0 Å². The van der Waals surface area contributed by atoms with E-state index in [1.54, 1.807) is 0 Å². The van der Waals surface area contributed by atoms with Crippen molar-refractivity contribution < 1.29 is 12.8 Å². The van der Waals surface area contributed by atoms with Gasteiger partial charge in [0.2, 0.25) is 10.0 Å². The molecule has 2 aromatic carbocycles. The van der Waals surface area contributed by atoms with Gasteiger partial charge in [0.25, 0.3) is 0 Å². The highest BCUT2D eigenvalue weighted by Crippen LogP contribution is 2.20. The molecular weight excluding hydrogens is 345 g/mol. The van der Waals surface area contributed by atoms with Crippen LogP contribution < -0.4 is 0 Å². The van der Waals surface area contributed by atoms with E-state index < -0.39 is 15.8 Å². The second-order valence-corrected chi connectivity index (χ2v) is 7.25. The van der Waals surface area contributed by atoms with Crippen molar-refractivity contribution in [2.75, 3.05) is 7.05 Å². The van der Waals surface area contributed by atoms with Crippen LogP contribution in [-0.2, 0) is 16.6 Å². The minimum absolute atomic E-state index is 0.177. The largest absolute Gasteiger partial charge is 0.246 e. The quantitative estimate of drug-likeness (QED) is 0.840. The second kappa shape index (κ2) is 6.03. The summed E-state index contributed by atoms with van der Waals surface area (Å²) in [5.74, 6) is -0.742. The zero-order valence-electron chi connectivity index (χ0n) is 10.8.